The van der Waals surface area contributed by atoms with Gasteiger partial charge in [0.15, 0.2) is 0 Å². The lowest BCUT2D eigenvalue weighted by Crippen LogP contribution is -2.44. The van der Waals surface area contributed by atoms with Crippen molar-refractivity contribution in [3.8, 4) is 0 Å². The van der Waals surface area contributed by atoms with Crippen LogP contribution in [-0.2, 0) is 14.8 Å². The van der Waals surface area contributed by atoms with E-state index in [1.54, 1.807) is 6.92 Å². The van der Waals surface area contributed by atoms with Gasteiger partial charge in [-0.2, -0.15) is 0 Å². The van der Waals surface area contributed by atoms with E-state index in [0.717, 1.165) is 10.0 Å². The number of amides is 1. The molecule has 2 rings (SSSR count). The summed E-state index contributed by atoms with van der Waals surface area (Å²) in [6.45, 7) is 4.38. The summed E-state index contributed by atoms with van der Waals surface area (Å²) >= 11 is 3.43. The van der Waals surface area contributed by atoms with Crippen LogP contribution in [0.5, 0.6) is 0 Å². The molecule has 0 bridgehead atoms. The molecule has 0 aromatic heterocycles. The minimum atomic E-state index is -3.23. The molecule has 1 heterocycles. The molecule has 0 saturated carbocycles. The number of halogens is 1. The molecular formula is C15H21BrN2O3S. The first-order valence-corrected chi connectivity index (χ1v) is 9.78. The Morgan fingerprint density at radius 2 is 2.18 bits per heavy atom. The Bertz CT molecular complexity index is 661. The van der Waals surface area contributed by atoms with Crippen LogP contribution in [0.1, 0.15) is 25.3 Å². The molecule has 1 aromatic rings. The number of sulfonamides is 1. The topological polar surface area (TPSA) is 66.5 Å². The predicted octanol–water partition coefficient (Wildman–Crippen LogP) is 2.76. The van der Waals surface area contributed by atoms with Gasteiger partial charge < -0.3 is 5.32 Å². The number of hydrogen-bond acceptors (Lipinski definition) is 3. The van der Waals surface area contributed by atoms with Gasteiger partial charge in [0.05, 0.1) is 17.4 Å². The summed E-state index contributed by atoms with van der Waals surface area (Å²) in [5.41, 5.74) is 1.81. The van der Waals surface area contributed by atoms with Gasteiger partial charge in [0.1, 0.15) is 0 Å². The maximum Gasteiger partial charge on any atom is 0.228 e. The molecule has 1 saturated heterocycles. The van der Waals surface area contributed by atoms with Crippen LogP contribution in [0.3, 0.4) is 0 Å². The van der Waals surface area contributed by atoms with E-state index in [0.29, 0.717) is 25.1 Å². The molecule has 1 fully saturated rings. The second-order valence-corrected chi connectivity index (χ2v) is 8.68. The molecule has 1 aliphatic rings. The largest absolute Gasteiger partial charge is 0.325 e. The highest BCUT2D eigenvalue weighted by Crippen LogP contribution is 2.26. The van der Waals surface area contributed by atoms with Gasteiger partial charge in [-0.1, -0.05) is 6.07 Å². The van der Waals surface area contributed by atoms with Gasteiger partial charge in [-0.3, -0.25) is 4.79 Å². The van der Waals surface area contributed by atoms with Crippen molar-refractivity contribution in [2.45, 2.75) is 26.7 Å². The van der Waals surface area contributed by atoms with Crippen molar-refractivity contribution < 1.29 is 13.2 Å². The number of hydrogen-bond donors (Lipinski definition) is 1. The minimum Gasteiger partial charge on any atom is -0.325 e. The summed E-state index contributed by atoms with van der Waals surface area (Å²) in [5.74, 6) is -0.353. The van der Waals surface area contributed by atoms with E-state index in [1.807, 2.05) is 25.1 Å². The highest BCUT2D eigenvalue weighted by atomic mass is 79.9. The zero-order valence-electron chi connectivity index (χ0n) is 12.8. The summed E-state index contributed by atoms with van der Waals surface area (Å²) in [4.78, 5) is 12.4. The number of carbonyl (C=O) groups excluding carboxylic acids is 1. The molecule has 1 unspecified atom stereocenters. The number of anilines is 1. The first kappa shape index (κ1) is 17.4. The summed E-state index contributed by atoms with van der Waals surface area (Å²) in [6.07, 6.45) is 1.43. The Kier molecular flexibility index (Phi) is 5.63. The molecule has 22 heavy (non-hydrogen) atoms. The lowest BCUT2D eigenvalue weighted by Gasteiger charge is -2.31. The summed E-state index contributed by atoms with van der Waals surface area (Å²) in [6, 6.07) is 5.71. The van der Waals surface area contributed by atoms with Crippen molar-refractivity contribution in [2.75, 3.05) is 24.2 Å². The number of rotatable bonds is 4. The minimum absolute atomic E-state index is 0.0743. The Labute approximate surface area is 140 Å². The molecule has 1 aromatic carbocycles. The number of carbonyl (C=O) groups is 1. The predicted molar refractivity (Wildman–Crippen MR) is 91.3 cm³/mol. The Morgan fingerprint density at radius 1 is 1.45 bits per heavy atom. The lowest BCUT2D eigenvalue weighted by molar-refractivity contribution is -0.120. The second-order valence-electron chi connectivity index (χ2n) is 5.57. The van der Waals surface area contributed by atoms with Crippen molar-refractivity contribution in [2.24, 2.45) is 5.92 Å². The van der Waals surface area contributed by atoms with Gasteiger partial charge in [-0.25, -0.2) is 12.7 Å². The Hall–Kier alpha value is -0.920. The van der Waals surface area contributed by atoms with Crippen LogP contribution >= 0.6 is 15.9 Å². The average Bonchev–Trinajstić information content (AvgIpc) is 2.50. The van der Waals surface area contributed by atoms with E-state index < -0.39 is 10.0 Å². The molecule has 5 nitrogen and oxygen atoms in total. The third kappa shape index (κ3) is 4.08. The van der Waals surface area contributed by atoms with Gasteiger partial charge in [-0.15, -0.1) is 0 Å². The van der Waals surface area contributed by atoms with Gasteiger partial charge in [-0.05, 0) is 60.3 Å². The van der Waals surface area contributed by atoms with E-state index in [2.05, 4.69) is 21.2 Å². The van der Waals surface area contributed by atoms with Crippen LogP contribution < -0.4 is 5.32 Å². The molecular weight excluding hydrogens is 368 g/mol. The van der Waals surface area contributed by atoms with Crippen molar-refractivity contribution in [1.82, 2.24) is 4.31 Å². The van der Waals surface area contributed by atoms with Crippen LogP contribution in [0, 0.1) is 12.8 Å². The molecule has 1 atom stereocenters. The zero-order chi connectivity index (χ0) is 16.3. The Morgan fingerprint density at radius 3 is 2.82 bits per heavy atom. The third-order valence-electron chi connectivity index (χ3n) is 3.90. The second kappa shape index (κ2) is 7.10. The van der Waals surface area contributed by atoms with Crippen molar-refractivity contribution in [3.05, 3.63) is 28.2 Å². The number of piperidine rings is 1. The van der Waals surface area contributed by atoms with Crippen LogP contribution in [0.4, 0.5) is 5.69 Å². The average molecular weight is 389 g/mol. The molecule has 7 heteroatoms. The van der Waals surface area contributed by atoms with Crippen LogP contribution in [0.15, 0.2) is 22.7 Å². The van der Waals surface area contributed by atoms with Crippen LogP contribution in [0.2, 0.25) is 0 Å². The SMILES string of the molecule is CCS(=O)(=O)N1CCCC(C(=O)Nc2ccc(C)cc2Br)C1. The maximum absolute atomic E-state index is 12.4. The standard InChI is InChI=1S/C15H21BrN2O3S/c1-3-22(20,21)18-8-4-5-12(10-18)15(19)17-14-7-6-11(2)9-13(14)16/h6-7,9,12H,3-5,8,10H2,1-2H3,(H,17,19). The van der Waals surface area contributed by atoms with Gasteiger partial charge in [0.2, 0.25) is 15.9 Å². The monoisotopic (exact) mass is 388 g/mol. The van der Waals surface area contributed by atoms with E-state index in [1.165, 1.54) is 4.31 Å². The van der Waals surface area contributed by atoms with Crippen LogP contribution in [0.25, 0.3) is 0 Å². The molecule has 1 N–H and O–H groups in total. The quantitative estimate of drug-likeness (QED) is 0.861. The number of nitrogens with one attached hydrogen (secondary N) is 1. The zero-order valence-corrected chi connectivity index (χ0v) is 15.2. The maximum atomic E-state index is 12.4. The molecule has 0 radical (unpaired) electrons. The van der Waals surface area contributed by atoms with E-state index in [-0.39, 0.29) is 24.1 Å². The number of benzene rings is 1. The highest BCUT2D eigenvalue weighted by molar-refractivity contribution is 9.10. The fraction of sp³-hybridized carbons (Fsp3) is 0.533. The third-order valence-corrected chi connectivity index (χ3v) is 6.40. The van der Waals surface area contributed by atoms with Crippen molar-refractivity contribution in [1.29, 1.82) is 0 Å². The highest BCUT2D eigenvalue weighted by Gasteiger charge is 2.31. The smallest absolute Gasteiger partial charge is 0.228 e. The molecule has 0 aliphatic carbocycles. The number of nitrogens with zero attached hydrogens (tertiary/aromatic N) is 1. The van der Waals surface area contributed by atoms with Crippen molar-refractivity contribution >= 4 is 37.5 Å². The molecule has 0 spiro atoms. The van der Waals surface area contributed by atoms with Crippen molar-refractivity contribution in [3.63, 3.8) is 0 Å². The summed E-state index contributed by atoms with van der Waals surface area (Å²) < 4.78 is 26.2. The van der Waals surface area contributed by atoms with E-state index in [4.69, 9.17) is 0 Å². The first-order chi connectivity index (χ1) is 10.3. The van der Waals surface area contributed by atoms with E-state index in [9.17, 15) is 13.2 Å². The Balaban J connectivity index is 2.06. The lowest BCUT2D eigenvalue weighted by atomic mass is 9.98. The summed E-state index contributed by atoms with van der Waals surface area (Å²) in [5, 5.41) is 2.89. The molecule has 122 valence electrons. The fourth-order valence-electron chi connectivity index (χ4n) is 2.55. The van der Waals surface area contributed by atoms with Crippen LogP contribution in [-0.4, -0.2) is 37.5 Å². The van der Waals surface area contributed by atoms with Gasteiger partial charge >= 0.3 is 0 Å². The summed E-state index contributed by atoms with van der Waals surface area (Å²) in [7, 11) is -3.23. The normalized spacial score (nSPS) is 19.9. The number of aryl methyl sites for hydroxylation is 1. The molecule has 1 amide bonds. The fourth-order valence-corrected chi connectivity index (χ4v) is 4.32. The molecule has 1 aliphatic heterocycles. The van der Waals surface area contributed by atoms with E-state index >= 15 is 0 Å². The first-order valence-electron chi connectivity index (χ1n) is 7.38. The van der Waals surface area contributed by atoms with Gasteiger partial charge in [0, 0.05) is 17.6 Å². The van der Waals surface area contributed by atoms with Gasteiger partial charge in [0.25, 0.3) is 0 Å².